The third-order valence-corrected chi connectivity index (χ3v) is 5.67. The lowest BCUT2D eigenvalue weighted by Crippen LogP contribution is -2.36. The molecule has 27 heavy (non-hydrogen) atoms. The van der Waals surface area contributed by atoms with E-state index < -0.39 is 0 Å². The third-order valence-electron chi connectivity index (χ3n) is 5.67. The summed E-state index contributed by atoms with van der Waals surface area (Å²) in [6, 6.07) is 0. The molecule has 0 saturated heterocycles. The molecule has 0 aromatic rings. The summed E-state index contributed by atoms with van der Waals surface area (Å²) in [6.45, 7) is 12.0. The summed E-state index contributed by atoms with van der Waals surface area (Å²) in [5.41, 5.74) is 1.16. The molecular formula is C24H40O3. The van der Waals surface area contributed by atoms with Gasteiger partial charge in [-0.05, 0) is 51.4 Å². The number of ether oxygens (including phenoxy) is 1. The fraction of sp³-hybridized carbons (Fsp3) is 0.750. The highest BCUT2D eigenvalue weighted by Gasteiger charge is 2.38. The van der Waals surface area contributed by atoms with Crippen LogP contribution in [0.2, 0.25) is 0 Å². The molecule has 0 bridgehead atoms. The molecule has 1 aliphatic rings. The van der Waals surface area contributed by atoms with Gasteiger partial charge in [0.2, 0.25) is 0 Å². The molecule has 154 valence electrons. The Bertz CT molecular complexity index is 516. The van der Waals surface area contributed by atoms with E-state index in [2.05, 4.69) is 33.4 Å². The zero-order valence-corrected chi connectivity index (χ0v) is 18.0. The van der Waals surface area contributed by atoms with Gasteiger partial charge in [0.15, 0.2) is 0 Å². The van der Waals surface area contributed by atoms with Crippen molar-refractivity contribution in [1.29, 1.82) is 0 Å². The van der Waals surface area contributed by atoms with E-state index in [1.807, 2.05) is 13.0 Å². The van der Waals surface area contributed by atoms with Crippen molar-refractivity contribution in [3.05, 3.63) is 24.3 Å². The molecule has 0 aromatic carbocycles. The standard InChI is InChI=1S/C24H40O3/c1-6-7-8-9-10-11-12-13-16-22(26)27-20(3)18-21(25)23-19(2)15-14-17-24(23,4)5/h6,15,20,23H,1,7-14,16-18H2,2-5H3. The number of carbonyl (C=O) groups excluding carboxylic acids is 2. The molecular weight excluding hydrogens is 336 g/mol. The predicted molar refractivity (Wildman–Crippen MR) is 113 cm³/mol. The van der Waals surface area contributed by atoms with Gasteiger partial charge in [-0.2, -0.15) is 0 Å². The molecule has 0 fully saturated rings. The SMILES string of the molecule is C=CCCCCCCCCC(=O)OC(C)CC(=O)C1C(C)=CCCC1(C)C. The first-order chi connectivity index (χ1) is 12.8. The van der Waals surface area contributed by atoms with E-state index in [0.717, 1.165) is 32.1 Å². The van der Waals surface area contributed by atoms with Crippen molar-refractivity contribution in [3.8, 4) is 0 Å². The van der Waals surface area contributed by atoms with E-state index in [4.69, 9.17) is 4.74 Å². The molecule has 0 heterocycles. The van der Waals surface area contributed by atoms with Gasteiger partial charge >= 0.3 is 5.97 Å². The molecule has 0 radical (unpaired) electrons. The quantitative estimate of drug-likeness (QED) is 0.207. The molecule has 1 rings (SSSR count). The average Bonchev–Trinajstić information content (AvgIpc) is 2.56. The van der Waals surface area contributed by atoms with Gasteiger partial charge in [-0.15, -0.1) is 6.58 Å². The summed E-state index contributed by atoms with van der Waals surface area (Å²) < 4.78 is 5.48. The Morgan fingerprint density at radius 2 is 1.85 bits per heavy atom. The van der Waals surface area contributed by atoms with Crippen LogP contribution in [-0.2, 0) is 14.3 Å². The Balaban J connectivity index is 2.25. The van der Waals surface area contributed by atoms with E-state index in [1.54, 1.807) is 0 Å². The zero-order chi connectivity index (χ0) is 20.3. The molecule has 0 N–H and O–H groups in total. The maximum Gasteiger partial charge on any atom is 0.306 e. The van der Waals surface area contributed by atoms with Crippen molar-refractivity contribution in [2.75, 3.05) is 0 Å². The van der Waals surface area contributed by atoms with E-state index >= 15 is 0 Å². The lowest BCUT2D eigenvalue weighted by molar-refractivity contribution is -0.149. The van der Waals surface area contributed by atoms with Crippen molar-refractivity contribution < 1.29 is 14.3 Å². The zero-order valence-electron chi connectivity index (χ0n) is 18.0. The first-order valence-electron chi connectivity index (χ1n) is 10.8. The average molecular weight is 377 g/mol. The maximum absolute atomic E-state index is 12.8. The Morgan fingerprint density at radius 3 is 2.48 bits per heavy atom. The van der Waals surface area contributed by atoms with Gasteiger partial charge in [-0.3, -0.25) is 9.59 Å². The maximum atomic E-state index is 12.8. The molecule has 0 spiro atoms. The van der Waals surface area contributed by atoms with Crippen LogP contribution in [0.4, 0.5) is 0 Å². The molecule has 3 heteroatoms. The van der Waals surface area contributed by atoms with E-state index in [9.17, 15) is 9.59 Å². The van der Waals surface area contributed by atoms with Crippen molar-refractivity contribution >= 4 is 11.8 Å². The van der Waals surface area contributed by atoms with Crippen molar-refractivity contribution in [1.82, 2.24) is 0 Å². The molecule has 2 unspecified atom stereocenters. The minimum atomic E-state index is -0.338. The summed E-state index contributed by atoms with van der Waals surface area (Å²) in [7, 11) is 0. The van der Waals surface area contributed by atoms with Gasteiger partial charge in [0.05, 0.1) is 0 Å². The van der Waals surface area contributed by atoms with Gasteiger partial charge in [0.25, 0.3) is 0 Å². The van der Waals surface area contributed by atoms with Crippen molar-refractivity contribution in [2.24, 2.45) is 11.3 Å². The van der Waals surface area contributed by atoms with Crippen LogP contribution in [0.15, 0.2) is 24.3 Å². The number of Topliss-reactive ketones (excluding diaryl/α,β-unsaturated/α-hetero) is 1. The smallest absolute Gasteiger partial charge is 0.306 e. The fourth-order valence-electron chi connectivity index (χ4n) is 4.23. The van der Waals surface area contributed by atoms with Gasteiger partial charge in [-0.25, -0.2) is 0 Å². The second-order valence-electron chi connectivity index (χ2n) is 8.83. The minimum Gasteiger partial charge on any atom is -0.462 e. The fourth-order valence-corrected chi connectivity index (χ4v) is 4.23. The number of rotatable bonds is 13. The van der Waals surface area contributed by atoms with Crippen LogP contribution >= 0.6 is 0 Å². The summed E-state index contributed by atoms with van der Waals surface area (Å²) in [4.78, 5) is 24.8. The summed E-state index contributed by atoms with van der Waals surface area (Å²) in [5, 5.41) is 0. The molecule has 0 amide bonds. The number of hydrogen-bond acceptors (Lipinski definition) is 3. The largest absolute Gasteiger partial charge is 0.462 e. The number of carbonyl (C=O) groups is 2. The van der Waals surface area contributed by atoms with Crippen LogP contribution in [0.5, 0.6) is 0 Å². The lowest BCUT2D eigenvalue weighted by Gasteiger charge is -2.37. The van der Waals surface area contributed by atoms with Crippen LogP contribution in [0.1, 0.15) is 98.3 Å². The van der Waals surface area contributed by atoms with Crippen LogP contribution in [0, 0.1) is 11.3 Å². The summed E-state index contributed by atoms with van der Waals surface area (Å²) in [5.74, 6) is -0.0149. The van der Waals surface area contributed by atoms with Crippen molar-refractivity contribution in [2.45, 2.75) is 104 Å². The van der Waals surface area contributed by atoms with Crippen LogP contribution in [-0.4, -0.2) is 17.9 Å². The van der Waals surface area contributed by atoms with Gasteiger partial charge in [0.1, 0.15) is 11.9 Å². The van der Waals surface area contributed by atoms with E-state index in [0.29, 0.717) is 12.8 Å². The van der Waals surface area contributed by atoms with Crippen LogP contribution in [0.3, 0.4) is 0 Å². The van der Waals surface area contributed by atoms with Gasteiger partial charge in [-0.1, -0.05) is 57.3 Å². The first-order valence-corrected chi connectivity index (χ1v) is 10.8. The Hall–Kier alpha value is -1.38. The monoisotopic (exact) mass is 376 g/mol. The molecule has 1 aliphatic carbocycles. The van der Waals surface area contributed by atoms with Gasteiger partial charge < -0.3 is 4.74 Å². The van der Waals surface area contributed by atoms with Gasteiger partial charge in [0, 0.05) is 18.8 Å². The Morgan fingerprint density at radius 1 is 1.22 bits per heavy atom. The summed E-state index contributed by atoms with van der Waals surface area (Å²) >= 11 is 0. The number of hydrogen-bond donors (Lipinski definition) is 0. The number of allylic oxidation sites excluding steroid dienone is 3. The molecule has 0 aliphatic heterocycles. The molecule has 0 aromatic heterocycles. The highest BCUT2D eigenvalue weighted by Crippen LogP contribution is 2.42. The molecule has 0 saturated carbocycles. The van der Waals surface area contributed by atoms with Crippen LogP contribution < -0.4 is 0 Å². The highest BCUT2D eigenvalue weighted by molar-refractivity contribution is 5.85. The second-order valence-corrected chi connectivity index (χ2v) is 8.83. The normalized spacial score (nSPS) is 19.9. The highest BCUT2D eigenvalue weighted by atomic mass is 16.5. The number of unbranched alkanes of at least 4 members (excludes halogenated alkanes) is 6. The minimum absolute atomic E-state index is 0.00861. The third kappa shape index (κ3) is 8.90. The predicted octanol–water partition coefficient (Wildman–Crippen LogP) is 6.57. The second kappa shape index (κ2) is 12.2. The summed E-state index contributed by atoms with van der Waals surface area (Å²) in [6.07, 6.45) is 14.5. The molecule has 3 nitrogen and oxygen atoms in total. The Labute approximate surface area is 166 Å². The lowest BCUT2D eigenvalue weighted by atomic mass is 9.66. The first kappa shape index (κ1) is 23.7. The number of esters is 1. The Kier molecular flexibility index (Phi) is 10.6. The molecule has 2 atom stereocenters. The van der Waals surface area contributed by atoms with E-state index in [-0.39, 0.29) is 29.2 Å². The number of ketones is 1. The van der Waals surface area contributed by atoms with Crippen LogP contribution in [0.25, 0.3) is 0 Å². The topological polar surface area (TPSA) is 43.4 Å². The van der Waals surface area contributed by atoms with Crippen molar-refractivity contribution in [3.63, 3.8) is 0 Å². The van der Waals surface area contributed by atoms with E-state index in [1.165, 1.54) is 31.3 Å².